The molecule has 0 aliphatic rings. The van der Waals surface area contributed by atoms with Crippen LogP contribution in [0.1, 0.15) is 11.3 Å². The van der Waals surface area contributed by atoms with Crippen molar-refractivity contribution in [2.24, 2.45) is 10.2 Å². The first-order valence-electron chi connectivity index (χ1n) is 6.98. The standard InChI is InChI=1S/C16H15ClF2N4O/c1-20-23-16(24-10-15(18)19)11-5-6-14(21-8-11)9-22-13-4-2-3-12(17)7-13/h2-8,15,22H,1,9-10H2/b23-16-. The van der Waals surface area contributed by atoms with Crippen molar-refractivity contribution in [3.05, 3.63) is 58.9 Å². The minimum Gasteiger partial charge on any atom is -0.470 e. The summed E-state index contributed by atoms with van der Waals surface area (Å²) in [4.78, 5) is 4.24. The van der Waals surface area contributed by atoms with Gasteiger partial charge in [0.15, 0.2) is 6.61 Å². The molecule has 1 aromatic heterocycles. The smallest absolute Gasteiger partial charge is 0.272 e. The average Bonchev–Trinajstić information content (AvgIpc) is 2.57. The lowest BCUT2D eigenvalue weighted by atomic mass is 10.2. The van der Waals surface area contributed by atoms with Crippen molar-refractivity contribution in [2.75, 3.05) is 11.9 Å². The van der Waals surface area contributed by atoms with Crippen molar-refractivity contribution >= 4 is 29.9 Å². The van der Waals surface area contributed by atoms with Crippen LogP contribution in [-0.2, 0) is 11.3 Å². The Morgan fingerprint density at radius 3 is 2.79 bits per heavy atom. The molecule has 0 bridgehead atoms. The van der Waals surface area contributed by atoms with E-state index < -0.39 is 13.0 Å². The number of benzene rings is 1. The molecule has 0 fully saturated rings. The normalized spacial score (nSPS) is 11.4. The molecule has 126 valence electrons. The second-order valence-corrected chi connectivity index (χ2v) is 5.09. The SMILES string of the molecule is C=N/N=C(\OCC(F)F)c1ccc(CNc2cccc(Cl)c2)nc1. The van der Waals surface area contributed by atoms with E-state index in [-0.39, 0.29) is 5.90 Å². The molecule has 1 aromatic carbocycles. The van der Waals surface area contributed by atoms with Gasteiger partial charge in [-0.1, -0.05) is 17.7 Å². The van der Waals surface area contributed by atoms with Crippen LogP contribution in [0, 0.1) is 0 Å². The number of halogens is 3. The summed E-state index contributed by atoms with van der Waals surface area (Å²) < 4.78 is 29.4. The van der Waals surface area contributed by atoms with E-state index in [2.05, 4.69) is 27.2 Å². The van der Waals surface area contributed by atoms with Crippen LogP contribution in [0.25, 0.3) is 0 Å². The Morgan fingerprint density at radius 2 is 2.17 bits per heavy atom. The summed E-state index contributed by atoms with van der Waals surface area (Å²) in [6, 6.07) is 10.7. The lowest BCUT2D eigenvalue weighted by Gasteiger charge is -2.09. The minimum atomic E-state index is -2.60. The third kappa shape index (κ3) is 5.58. The highest BCUT2D eigenvalue weighted by molar-refractivity contribution is 6.30. The molecule has 0 amide bonds. The van der Waals surface area contributed by atoms with Gasteiger partial charge in [-0.05, 0) is 30.3 Å². The van der Waals surface area contributed by atoms with Crippen LogP contribution in [0.3, 0.4) is 0 Å². The van der Waals surface area contributed by atoms with Crippen molar-refractivity contribution in [2.45, 2.75) is 13.0 Å². The summed E-state index contributed by atoms with van der Waals surface area (Å²) in [5, 5.41) is 10.7. The van der Waals surface area contributed by atoms with Crippen molar-refractivity contribution in [1.82, 2.24) is 4.98 Å². The number of rotatable bonds is 7. The topological polar surface area (TPSA) is 58.9 Å². The van der Waals surface area contributed by atoms with Gasteiger partial charge in [0.1, 0.15) is 0 Å². The van der Waals surface area contributed by atoms with E-state index in [9.17, 15) is 8.78 Å². The van der Waals surface area contributed by atoms with Gasteiger partial charge in [0.25, 0.3) is 6.43 Å². The molecule has 0 atom stereocenters. The van der Waals surface area contributed by atoms with E-state index in [1.165, 1.54) is 6.20 Å². The first-order chi connectivity index (χ1) is 11.6. The van der Waals surface area contributed by atoms with Crippen molar-refractivity contribution in [3.63, 3.8) is 0 Å². The van der Waals surface area contributed by atoms with Gasteiger partial charge in [-0.2, -0.15) is 5.10 Å². The average molecular weight is 353 g/mol. The Kier molecular flexibility index (Phi) is 6.62. The molecule has 2 rings (SSSR count). The Bertz CT molecular complexity index is 707. The molecule has 0 unspecified atom stereocenters. The lowest BCUT2D eigenvalue weighted by molar-refractivity contribution is 0.0765. The molecule has 5 nitrogen and oxygen atoms in total. The fraction of sp³-hybridized carbons (Fsp3) is 0.188. The Hall–Kier alpha value is -2.54. The summed E-state index contributed by atoms with van der Waals surface area (Å²) in [7, 11) is 0. The molecule has 0 spiro atoms. The van der Waals surface area contributed by atoms with Gasteiger partial charge in [0.05, 0.1) is 17.8 Å². The molecule has 1 heterocycles. The quantitative estimate of drug-likeness (QED) is 0.465. The fourth-order valence-corrected chi connectivity index (χ4v) is 2.01. The molecule has 2 aromatic rings. The number of ether oxygens (including phenoxy) is 1. The molecule has 24 heavy (non-hydrogen) atoms. The number of hydrogen-bond donors (Lipinski definition) is 1. The van der Waals surface area contributed by atoms with Gasteiger partial charge in [-0.15, -0.1) is 5.10 Å². The maximum Gasteiger partial charge on any atom is 0.272 e. The predicted octanol–water partition coefficient (Wildman–Crippen LogP) is 3.99. The number of alkyl halides is 2. The minimum absolute atomic E-state index is 0.0489. The summed E-state index contributed by atoms with van der Waals surface area (Å²) in [5.41, 5.74) is 2.06. The molecular weight excluding hydrogens is 338 g/mol. The van der Waals surface area contributed by atoms with Crippen LogP contribution in [0.4, 0.5) is 14.5 Å². The van der Waals surface area contributed by atoms with E-state index in [0.717, 1.165) is 11.4 Å². The summed E-state index contributed by atoms with van der Waals surface area (Å²) in [6.07, 6.45) is -1.13. The monoisotopic (exact) mass is 352 g/mol. The molecule has 1 N–H and O–H groups in total. The van der Waals surface area contributed by atoms with Gasteiger partial charge < -0.3 is 10.1 Å². The number of nitrogens with one attached hydrogen (secondary N) is 1. The van der Waals surface area contributed by atoms with Gasteiger partial charge in [-0.3, -0.25) is 4.98 Å². The van der Waals surface area contributed by atoms with Crippen molar-refractivity contribution in [3.8, 4) is 0 Å². The zero-order valence-corrected chi connectivity index (χ0v) is 13.4. The second-order valence-electron chi connectivity index (χ2n) is 4.65. The molecule has 8 heteroatoms. The second kappa shape index (κ2) is 8.93. The van der Waals surface area contributed by atoms with E-state index in [1.807, 2.05) is 12.1 Å². The molecule has 0 aliphatic heterocycles. The van der Waals surface area contributed by atoms with Crippen LogP contribution >= 0.6 is 11.6 Å². The van der Waals surface area contributed by atoms with Crippen LogP contribution in [0.15, 0.2) is 52.8 Å². The third-order valence-corrected chi connectivity index (χ3v) is 3.11. The lowest BCUT2D eigenvalue weighted by Crippen LogP contribution is -2.13. The first kappa shape index (κ1) is 17.8. The van der Waals surface area contributed by atoms with Gasteiger partial charge in [-0.25, -0.2) is 8.78 Å². The highest BCUT2D eigenvalue weighted by atomic mass is 35.5. The van der Waals surface area contributed by atoms with Gasteiger partial charge in [0, 0.05) is 23.6 Å². The number of anilines is 1. The van der Waals surface area contributed by atoms with E-state index in [1.54, 1.807) is 24.3 Å². The zero-order valence-electron chi connectivity index (χ0n) is 12.6. The highest BCUT2D eigenvalue weighted by Gasteiger charge is 2.10. The highest BCUT2D eigenvalue weighted by Crippen LogP contribution is 2.15. The van der Waals surface area contributed by atoms with Crippen molar-refractivity contribution < 1.29 is 13.5 Å². The van der Waals surface area contributed by atoms with Crippen LogP contribution < -0.4 is 5.32 Å². The fourth-order valence-electron chi connectivity index (χ4n) is 1.82. The Balaban J connectivity index is 2.00. The molecule has 0 aliphatic carbocycles. The number of nitrogens with zero attached hydrogens (tertiary/aromatic N) is 3. The van der Waals surface area contributed by atoms with E-state index in [0.29, 0.717) is 17.1 Å². The predicted molar refractivity (Wildman–Crippen MR) is 91.1 cm³/mol. The number of hydrogen-bond acceptors (Lipinski definition) is 5. The molecule has 0 saturated heterocycles. The largest absolute Gasteiger partial charge is 0.470 e. The molecule has 0 radical (unpaired) electrons. The van der Waals surface area contributed by atoms with Crippen LogP contribution in [0.5, 0.6) is 0 Å². The summed E-state index contributed by atoms with van der Waals surface area (Å²) in [5.74, 6) is -0.0489. The maximum atomic E-state index is 12.2. The summed E-state index contributed by atoms with van der Waals surface area (Å²) in [6.45, 7) is 2.90. The van der Waals surface area contributed by atoms with Gasteiger partial charge in [0.2, 0.25) is 5.90 Å². The van der Waals surface area contributed by atoms with Gasteiger partial charge >= 0.3 is 0 Å². The number of aromatic nitrogens is 1. The zero-order chi connectivity index (χ0) is 17.4. The third-order valence-electron chi connectivity index (χ3n) is 2.88. The number of pyridine rings is 1. The van der Waals surface area contributed by atoms with E-state index in [4.69, 9.17) is 16.3 Å². The Labute approximate surface area is 143 Å². The summed E-state index contributed by atoms with van der Waals surface area (Å²) >= 11 is 5.91. The molecular formula is C16H15ClF2N4O. The van der Waals surface area contributed by atoms with E-state index >= 15 is 0 Å². The Morgan fingerprint density at radius 1 is 1.33 bits per heavy atom. The molecule has 0 saturated carbocycles. The van der Waals surface area contributed by atoms with Crippen LogP contribution in [-0.4, -0.2) is 30.6 Å². The van der Waals surface area contributed by atoms with Crippen LogP contribution in [0.2, 0.25) is 5.02 Å². The van der Waals surface area contributed by atoms with Crippen molar-refractivity contribution in [1.29, 1.82) is 0 Å². The maximum absolute atomic E-state index is 12.2. The first-order valence-corrected chi connectivity index (χ1v) is 7.35.